The van der Waals surface area contributed by atoms with Gasteiger partial charge in [0.1, 0.15) is 9.88 Å². The van der Waals surface area contributed by atoms with E-state index in [0.717, 1.165) is 0 Å². The zero-order chi connectivity index (χ0) is 18.7. The maximum Gasteiger partial charge on any atom is 0.435 e. The van der Waals surface area contributed by atoms with Crippen molar-refractivity contribution in [3.63, 3.8) is 0 Å². The number of nitrogens with one attached hydrogen (secondary N) is 1. The molecule has 0 radical (unpaired) electrons. The van der Waals surface area contributed by atoms with E-state index in [9.17, 15) is 18.0 Å². The second-order valence-electron chi connectivity index (χ2n) is 5.21. The van der Waals surface area contributed by atoms with Crippen molar-refractivity contribution < 1.29 is 18.0 Å². The lowest BCUT2D eigenvalue weighted by Gasteiger charge is -2.07. The van der Waals surface area contributed by atoms with E-state index < -0.39 is 22.7 Å². The molecule has 0 saturated carbocycles. The second kappa shape index (κ2) is 6.98. The summed E-state index contributed by atoms with van der Waals surface area (Å²) >= 11 is 0.669. The molecule has 1 N–H and O–H groups in total. The summed E-state index contributed by atoms with van der Waals surface area (Å²) < 4.78 is 39.9. The molecule has 8 heteroatoms. The van der Waals surface area contributed by atoms with Crippen molar-refractivity contribution in [2.24, 2.45) is 0 Å². The molecule has 26 heavy (non-hydrogen) atoms. The van der Waals surface area contributed by atoms with Crippen molar-refractivity contribution >= 4 is 22.9 Å². The molecule has 0 aliphatic carbocycles. The molecule has 0 unspecified atom stereocenters. The normalized spacial score (nSPS) is 11.0. The molecule has 1 heterocycles. The smallest absolute Gasteiger partial charge is 0.321 e. The fourth-order valence-electron chi connectivity index (χ4n) is 2.22. The number of rotatable bonds is 3. The van der Waals surface area contributed by atoms with Gasteiger partial charge in [-0.25, -0.2) is 4.98 Å². The zero-order valence-corrected chi connectivity index (χ0v) is 13.9. The minimum atomic E-state index is -4.76. The number of benzene rings is 2. The number of carbonyl (C=O) groups is 1. The third-order valence-corrected chi connectivity index (χ3v) is 4.48. The van der Waals surface area contributed by atoms with Gasteiger partial charge in [0.2, 0.25) is 0 Å². The minimum absolute atomic E-state index is 0.105. The molecular weight excluding hydrogens is 363 g/mol. The highest BCUT2D eigenvalue weighted by Crippen LogP contribution is 2.38. The lowest BCUT2D eigenvalue weighted by Crippen LogP contribution is -2.17. The summed E-state index contributed by atoms with van der Waals surface area (Å²) in [7, 11) is 0. The number of amides is 1. The molecular formula is C18H10F3N3OS. The number of hydrogen-bond acceptors (Lipinski definition) is 4. The summed E-state index contributed by atoms with van der Waals surface area (Å²) in [6.45, 7) is 0. The molecule has 1 amide bonds. The summed E-state index contributed by atoms with van der Waals surface area (Å²) in [5.74, 6) is -0.924. The van der Waals surface area contributed by atoms with Gasteiger partial charge in [-0.15, -0.1) is 11.3 Å². The van der Waals surface area contributed by atoms with Crippen LogP contribution in [0.15, 0.2) is 54.6 Å². The van der Waals surface area contributed by atoms with Crippen molar-refractivity contribution in [2.45, 2.75) is 6.18 Å². The molecule has 0 atom stereocenters. The zero-order valence-electron chi connectivity index (χ0n) is 13.0. The van der Waals surface area contributed by atoms with E-state index in [1.807, 2.05) is 6.07 Å². The van der Waals surface area contributed by atoms with Gasteiger partial charge in [-0.05, 0) is 18.2 Å². The van der Waals surface area contributed by atoms with Crippen LogP contribution < -0.4 is 5.32 Å². The Morgan fingerprint density at radius 3 is 2.50 bits per heavy atom. The van der Waals surface area contributed by atoms with Gasteiger partial charge in [-0.1, -0.05) is 36.4 Å². The number of thiazole rings is 1. The fourth-order valence-corrected chi connectivity index (χ4v) is 3.21. The molecule has 0 aliphatic heterocycles. The van der Waals surface area contributed by atoms with Gasteiger partial charge < -0.3 is 5.32 Å². The first-order valence-corrected chi connectivity index (χ1v) is 8.15. The first kappa shape index (κ1) is 17.6. The maximum absolute atomic E-state index is 13.3. The Morgan fingerprint density at radius 2 is 1.85 bits per heavy atom. The van der Waals surface area contributed by atoms with Crippen LogP contribution in [0.1, 0.15) is 20.9 Å². The van der Waals surface area contributed by atoms with Crippen LogP contribution in [0.25, 0.3) is 10.6 Å². The molecule has 3 rings (SSSR count). The Balaban J connectivity index is 1.98. The van der Waals surface area contributed by atoms with E-state index in [1.165, 1.54) is 24.3 Å². The number of nitriles is 1. The monoisotopic (exact) mass is 373 g/mol. The van der Waals surface area contributed by atoms with Crippen molar-refractivity contribution in [1.29, 1.82) is 5.26 Å². The third-order valence-electron chi connectivity index (χ3n) is 3.37. The molecule has 4 nitrogen and oxygen atoms in total. The molecule has 3 aromatic rings. The quantitative estimate of drug-likeness (QED) is 0.706. The van der Waals surface area contributed by atoms with Crippen molar-refractivity contribution in [3.05, 3.63) is 70.7 Å². The highest BCUT2D eigenvalue weighted by atomic mass is 32.1. The molecule has 130 valence electrons. The number of carbonyl (C=O) groups excluding carboxylic acids is 1. The molecule has 0 aliphatic rings. The summed E-state index contributed by atoms with van der Waals surface area (Å²) in [4.78, 5) is 15.5. The van der Waals surface area contributed by atoms with Gasteiger partial charge in [-0.3, -0.25) is 4.79 Å². The standard InChI is InChI=1S/C18H10F3N3OS/c19-18(20,21)15-14(26-17(24-15)12-6-2-1-3-7-12)16(25)23-13-8-4-5-11(9-13)10-22/h1-9H,(H,23,25). The Morgan fingerprint density at radius 1 is 1.12 bits per heavy atom. The van der Waals surface area contributed by atoms with Crippen molar-refractivity contribution in [2.75, 3.05) is 5.32 Å². The molecule has 0 fully saturated rings. The average molecular weight is 373 g/mol. The predicted molar refractivity (Wildman–Crippen MR) is 91.7 cm³/mol. The topological polar surface area (TPSA) is 65.8 Å². The summed E-state index contributed by atoms with van der Waals surface area (Å²) in [6, 6.07) is 16.2. The number of halogens is 3. The van der Waals surface area contributed by atoms with Crippen molar-refractivity contribution in [3.8, 4) is 16.6 Å². The van der Waals surface area contributed by atoms with Crippen LogP contribution in [0, 0.1) is 11.3 Å². The van der Waals surface area contributed by atoms with Crippen molar-refractivity contribution in [1.82, 2.24) is 4.98 Å². The summed E-state index contributed by atoms with van der Waals surface area (Å²) in [5.41, 5.74) is -0.214. The Kier molecular flexibility index (Phi) is 4.73. The van der Waals surface area contributed by atoms with Crippen LogP contribution in [0.2, 0.25) is 0 Å². The van der Waals surface area contributed by atoms with Crippen LogP contribution in [0.5, 0.6) is 0 Å². The van der Waals surface area contributed by atoms with E-state index in [0.29, 0.717) is 16.9 Å². The largest absolute Gasteiger partial charge is 0.435 e. The van der Waals surface area contributed by atoms with Gasteiger partial charge in [0, 0.05) is 11.3 Å². The highest BCUT2D eigenvalue weighted by molar-refractivity contribution is 7.17. The van der Waals surface area contributed by atoms with Gasteiger partial charge in [-0.2, -0.15) is 18.4 Å². The van der Waals surface area contributed by atoms with Crippen LogP contribution in [-0.2, 0) is 6.18 Å². The van der Waals surface area contributed by atoms with Gasteiger partial charge in [0.15, 0.2) is 5.69 Å². The number of hydrogen-bond donors (Lipinski definition) is 1. The highest BCUT2D eigenvalue weighted by Gasteiger charge is 2.39. The number of nitrogens with zero attached hydrogens (tertiary/aromatic N) is 2. The Labute approximate surface area is 150 Å². The molecule has 0 spiro atoms. The molecule has 0 bridgehead atoms. The summed E-state index contributed by atoms with van der Waals surface area (Å²) in [6.07, 6.45) is -4.76. The fraction of sp³-hybridized carbons (Fsp3) is 0.0556. The summed E-state index contributed by atoms with van der Waals surface area (Å²) in [5, 5.41) is 11.4. The van der Waals surface area contributed by atoms with E-state index in [2.05, 4.69) is 10.3 Å². The SMILES string of the molecule is N#Cc1cccc(NC(=O)c2sc(-c3ccccc3)nc2C(F)(F)F)c1. The predicted octanol–water partition coefficient (Wildman–Crippen LogP) is 4.95. The van der Waals surface area contributed by atoms with Crippen LogP contribution in [-0.4, -0.2) is 10.9 Å². The van der Waals surface area contributed by atoms with E-state index >= 15 is 0 Å². The second-order valence-corrected chi connectivity index (χ2v) is 6.21. The van der Waals surface area contributed by atoms with E-state index in [4.69, 9.17) is 5.26 Å². The first-order valence-electron chi connectivity index (χ1n) is 7.33. The molecule has 0 saturated heterocycles. The van der Waals surface area contributed by atoms with Gasteiger partial charge in [0.05, 0.1) is 11.6 Å². The number of alkyl halides is 3. The lowest BCUT2D eigenvalue weighted by molar-refractivity contribution is -0.140. The third kappa shape index (κ3) is 3.73. The Hall–Kier alpha value is -3.18. The Bertz CT molecular complexity index is 991. The van der Waals surface area contributed by atoms with Gasteiger partial charge in [0.25, 0.3) is 5.91 Å². The average Bonchev–Trinajstić information content (AvgIpc) is 3.09. The van der Waals surface area contributed by atoms with Gasteiger partial charge >= 0.3 is 6.18 Å². The molecule has 2 aromatic carbocycles. The maximum atomic E-state index is 13.3. The lowest BCUT2D eigenvalue weighted by atomic mass is 10.2. The minimum Gasteiger partial charge on any atom is -0.321 e. The van der Waals surface area contributed by atoms with E-state index in [-0.39, 0.29) is 16.3 Å². The van der Waals surface area contributed by atoms with E-state index in [1.54, 1.807) is 30.3 Å². The number of aromatic nitrogens is 1. The molecule has 1 aromatic heterocycles. The van der Waals surface area contributed by atoms with Crippen LogP contribution >= 0.6 is 11.3 Å². The van der Waals surface area contributed by atoms with Crippen LogP contribution in [0.3, 0.4) is 0 Å². The first-order chi connectivity index (χ1) is 12.4. The van der Waals surface area contributed by atoms with Crippen LogP contribution in [0.4, 0.5) is 18.9 Å². The number of anilines is 1.